The van der Waals surface area contributed by atoms with E-state index in [9.17, 15) is 0 Å². The number of nitrogens with two attached hydrogens (primary N) is 1. The standard InChI is InChI=1S/C17H22N2/c1-13-8-10-15(11-9-13)19(3)12-17(18)16-7-5-4-6-14(16)2/h4-11,17H,12,18H2,1-3H3. The minimum atomic E-state index is 0.0347. The van der Waals surface area contributed by atoms with E-state index in [1.54, 1.807) is 0 Å². The lowest BCUT2D eigenvalue weighted by molar-refractivity contribution is 0.699. The average Bonchev–Trinajstić information content (AvgIpc) is 2.39. The molecule has 19 heavy (non-hydrogen) atoms. The third-order valence-corrected chi connectivity index (χ3v) is 3.53. The van der Waals surface area contributed by atoms with Crippen molar-refractivity contribution in [2.24, 2.45) is 5.73 Å². The van der Waals surface area contributed by atoms with Crippen LogP contribution in [0.25, 0.3) is 0 Å². The molecule has 2 aromatic rings. The molecule has 0 saturated carbocycles. The molecule has 0 radical (unpaired) electrons. The van der Waals surface area contributed by atoms with E-state index in [-0.39, 0.29) is 6.04 Å². The molecule has 2 N–H and O–H groups in total. The van der Waals surface area contributed by atoms with Crippen molar-refractivity contribution in [1.82, 2.24) is 0 Å². The van der Waals surface area contributed by atoms with Crippen LogP contribution in [-0.2, 0) is 0 Å². The highest BCUT2D eigenvalue weighted by molar-refractivity contribution is 5.47. The summed E-state index contributed by atoms with van der Waals surface area (Å²) in [5.41, 5.74) is 11.3. The van der Waals surface area contributed by atoms with Crippen LogP contribution in [0.4, 0.5) is 5.69 Å². The lowest BCUT2D eigenvalue weighted by Crippen LogP contribution is -2.29. The number of hydrogen-bond acceptors (Lipinski definition) is 2. The van der Waals surface area contributed by atoms with Crippen molar-refractivity contribution in [2.45, 2.75) is 19.9 Å². The van der Waals surface area contributed by atoms with Crippen molar-refractivity contribution in [3.8, 4) is 0 Å². The first-order chi connectivity index (χ1) is 9.08. The largest absolute Gasteiger partial charge is 0.373 e. The second-order valence-corrected chi connectivity index (χ2v) is 5.18. The molecule has 0 heterocycles. The SMILES string of the molecule is Cc1ccc(N(C)CC(N)c2ccccc2C)cc1. The second kappa shape index (κ2) is 5.89. The van der Waals surface area contributed by atoms with Gasteiger partial charge in [-0.05, 0) is 37.1 Å². The third-order valence-electron chi connectivity index (χ3n) is 3.53. The van der Waals surface area contributed by atoms with Crippen molar-refractivity contribution >= 4 is 5.69 Å². The van der Waals surface area contributed by atoms with Crippen LogP contribution in [0.5, 0.6) is 0 Å². The number of benzene rings is 2. The van der Waals surface area contributed by atoms with Gasteiger partial charge in [-0.2, -0.15) is 0 Å². The monoisotopic (exact) mass is 254 g/mol. The highest BCUT2D eigenvalue weighted by atomic mass is 15.1. The topological polar surface area (TPSA) is 29.3 Å². The molecule has 0 spiro atoms. The van der Waals surface area contributed by atoms with Crippen LogP contribution in [0.3, 0.4) is 0 Å². The summed E-state index contributed by atoms with van der Waals surface area (Å²) in [7, 11) is 2.09. The summed E-state index contributed by atoms with van der Waals surface area (Å²) in [4.78, 5) is 2.20. The fraction of sp³-hybridized carbons (Fsp3) is 0.294. The fourth-order valence-electron chi connectivity index (χ4n) is 2.30. The quantitative estimate of drug-likeness (QED) is 0.905. The molecule has 0 saturated heterocycles. The Bertz CT molecular complexity index is 531. The summed E-state index contributed by atoms with van der Waals surface area (Å²) in [6.45, 7) is 5.03. The van der Waals surface area contributed by atoms with Gasteiger partial charge in [0.1, 0.15) is 0 Å². The molecular formula is C17H22N2. The van der Waals surface area contributed by atoms with Gasteiger partial charge in [0.15, 0.2) is 0 Å². The second-order valence-electron chi connectivity index (χ2n) is 5.18. The molecule has 2 rings (SSSR count). The van der Waals surface area contributed by atoms with Gasteiger partial charge in [-0.15, -0.1) is 0 Å². The Morgan fingerprint density at radius 2 is 1.63 bits per heavy atom. The van der Waals surface area contributed by atoms with Gasteiger partial charge in [0.25, 0.3) is 0 Å². The molecule has 0 aliphatic rings. The maximum Gasteiger partial charge on any atom is 0.0475 e. The van der Waals surface area contributed by atoms with Crippen molar-refractivity contribution in [2.75, 3.05) is 18.5 Å². The Balaban J connectivity index is 2.08. The van der Waals surface area contributed by atoms with E-state index in [2.05, 4.69) is 68.3 Å². The molecule has 0 aliphatic heterocycles. The van der Waals surface area contributed by atoms with Gasteiger partial charge in [-0.25, -0.2) is 0 Å². The van der Waals surface area contributed by atoms with Gasteiger partial charge in [0.2, 0.25) is 0 Å². The summed E-state index contributed by atoms with van der Waals surface area (Å²) in [6, 6.07) is 16.9. The summed E-state index contributed by atoms with van der Waals surface area (Å²) >= 11 is 0. The van der Waals surface area contributed by atoms with Crippen molar-refractivity contribution in [1.29, 1.82) is 0 Å². The summed E-state index contributed by atoms with van der Waals surface area (Å²) < 4.78 is 0. The van der Waals surface area contributed by atoms with Gasteiger partial charge in [-0.1, -0.05) is 42.0 Å². The van der Waals surface area contributed by atoms with E-state index in [1.165, 1.54) is 22.4 Å². The van der Waals surface area contributed by atoms with Crippen molar-refractivity contribution < 1.29 is 0 Å². The molecule has 100 valence electrons. The number of rotatable bonds is 4. The van der Waals surface area contributed by atoms with Gasteiger partial charge < -0.3 is 10.6 Å². The number of nitrogens with zero attached hydrogens (tertiary/aromatic N) is 1. The molecular weight excluding hydrogens is 232 g/mol. The lowest BCUT2D eigenvalue weighted by Gasteiger charge is -2.24. The molecule has 1 atom stereocenters. The first-order valence-corrected chi connectivity index (χ1v) is 6.67. The predicted molar refractivity (Wildman–Crippen MR) is 82.6 cm³/mol. The van der Waals surface area contributed by atoms with Gasteiger partial charge in [-0.3, -0.25) is 0 Å². The van der Waals surface area contributed by atoms with Crippen LogP contribution in [0.1, 0.15) is 22.7 Å². The molecule has 0 amide bonds. The normalized spacial score (nSPS) is 12.2. The Morgan fingerprint density at radius 1 is 1.00 bits per heavy atom. The van der Waals surface area contributed by atoms with Crippen molar-refractivity contribution in [3.05, 3.63) is 65.2 Å². The smallest absolute Gasteiger partial charge is 0.0475 e. The number of anilines is 1. The average molecular weight is 254 g/mol. The van der Waals surface area contributed by atoms with Crippen LogP contribution in [0, 0.1) is 13.8 Å². The number of aryl methyl sites for hydroxylation is 2. The van der Waals surface area contributed by atoms with E-state index in [0.717, 1.165) is 6.54 Å². The highest BCUT2D eigenvalue weighted by Gasteiger charge is 2.11. The Morgan fingerprint density at radius 3 is 2.26 bits per heavy atom. The van der Waals surface area contributed by atoms with E-state index in [1.807, 2.05) is 6.07 Å². The molecule has 0 bridgehead atoms. The van der Waals surface area contributed by atoms with E-state index in [0.29, 0.717) is 0 Å². The highest BCUT2D eigenvalue weighted by Crippen LogP contribution is 2.19. The summed E-state index contributed by atoms with van der Waals surface area (Å²) in [6.07, 6.45) is 0. The number of hydrogen-bond donors (Lipinski definition) is 1. The molecule has 0 fully saturated rings. The lowest BCUT2D eigenvalue weighted by atomic mass is 10.0. The van der Waals surface area contributed by atoms with Gasteiger partial charge >= 0.3 is 0 Å². The zero-order chi connectivity index (χ0) is 13.8. The Kier molecular flexibility index (Phi) is 4.23. The number of likely N-dealkylation sites (N-methyl/N-ethyl adjacent to an activating group) is 1. The maximum atomic E-state index is 6.32. The van der Waals surface area contributed by atoms with Crippen LogP contribution in [0.2, 0.25) is 0 Å². The maximum absolute atomic E-state index is 6.32. The van der Waals surface area contributed by atoms with Gasteiger partial charge in [0, 0.05) is 25.3 Å². The Hall–Kier alpha value is -1.80. The Labute approximate surface area is 115 Å². The zero-order valence-electron chi connectivity index (χ0n) is 11.9. The van der Waals surface area contributed by atoms with Crippen LogP contribution >= 0.6 is 0 Å². The molecule has 1 unspecified atom stereocenters. The molecule has 2 aromatic carbocycles. The minimum absolute atomic E-state index is 0.0347. The zero-order valence-corrected chi connectivity index (χ0v) is 11.9. The molecule has 0 aliphatic carbocycles. The minimum Gasteiger partial charge on any atom is -0.373 e. The first kappa shape index (κ1) is 13.6. The van der Waals surface area contributed by atoms with Crippen LogP contribution in [-0.4, -0.2) is 13.6 Å². The fourth-order valence-corrected chi connectivity index (χ4v) is 2.30. The first-order valence-electron chi connectivity index (χ1n) is 6.67. The third kappa shape index (κ3) is 3.36. The van der Waals surface area contributed by atoms with Gasteiger partial charge in [0.05, 0.1) is 0 Å². The van der Waals surface area contributed by atoms with Crippen LogP contribution in [0.15, 0.2) is 48.5 Å². The van der Waals surface area contributed by atoms with Crippen molar-refractivity contribution in [3.63, 3.8) is 0 Å². The summed E-state index contributed by atoms with van der Waals surface area (Å²) in [5.74, 6) is 0. The van der Waals surface area contributed by atoms with E-state index < -0.39 is 0 Å². The predicted octanol–water partition coefficient (Wildman–Crippen LogP) is 3.44. The van der Waals surface area contributed by atoms with E-state index >= 15 is 0 Å². The summed E-state index contributed by atoms with van der Waals surface area (Å²) in [5, 5.41) is 0. The van der Waals surface area contributed by atoms with E-state index in [4.69, 9.17) is 5.73 Å². The molecule has 2 nitrogen and oxygen atoms in total. The van der Waals surface area contributed by atoms with Crippen LogP contribution < -0.4 is 10.6 Å². The molecule has 2 heteroatoms. The molecule has 0 aromatic heterocycles.